The van der Waals surface area contributed by atoms with Crippen molar-refractivity contribution < 1.29 is 23.9 Å². The van der Waals surface area contributed by atoms with Gasteiger partial charge in [-0.25, -0.2) is 4.79 Å². The number of nitrogens with one attached hydrogen (secondary N) is 1. The Kier molecular flexibility index (Phi) is 3.62. The van der Waals surface area contributed by atoms with Crippen LogP contribution in [0.4, 0.5) is 4.79 Å². The van der Waals surface area contributed by atoms with E-state index in [4.69, 9.17) is 19.2 Å². The first kappa shape index (κ1) is 13.7. The molecule has 0 spiro atoms. The van der Waals surface area contributed by atoms with Gasteiger partial charge in [-0.1, -0.05) is 15.9 Å². The molecule has 3 rings (SSSR count). The van der Waals surface area contributed by atoms with Gasteiger partial charge in [-0.15, -0.1) is 0 Å². The lowest BCUT2D eigenvalue weighted by Crippen LogP contribution is -2.41. The van der Waals surface area contributed by atoms with Gasteiger partial charge in [-0.3, -0.25) is 0 Å². The summed E-state index contributed by atoms with van der Waals surface area (Å²) in [6.45, 7) is 2.59. The first-order chi connectivity index (χ1) is 9.58. The molecule has 3 aliphatic heterocycles. The fraction of sp³-hybridized carbons (Fsp3) is 0.417. The third-order valence-electron chi connectivity index (χ3n) is 3.53. The van der Waals surface area contributed by atoms with Crippen molar-refractivity contribution in [1.29, 1.82) is 0 Å². The van der Waals surface area contributed by atoms with Crippen molar-refractivity contribution in [3.63, 3.8) is 0 Å². The van der Waals surface area contributed by atoms with E-state index in [9.17, 15) is 4.79 Å². The summed E-state index contributed by atoms with van der Waals surface area (Å²) in [6.07, 6.45) is 1.94. The van der Waals surface area contributed by atoms with E-state index in [-0.39, 0.29) is 12.6 Å². The second-order valence-corrected chi connectivity index (χ2v) is 5.59. The normalized spacial score (nSPS) is 28.2. The fourth-order valence-corrected chi connectivity index (χ4v) is 3.17. The third kappa shape index (κ3) is 2.28. The molecule has 0 aromatic heterocycles. The molecule has 8 heteroatoms. The molecule has 2 atom stereocenters. The van der Waals surface area contributed by atoms with Crippen molar-refractivity contribution in [2.75, 3.05) is 13.2 Å². The van der Waals surface area contributed by atoms with Crippen LogP contribution in [0.1, 0.15) is 6.92 Å². The smallest absolute Gasteiger partial charge is 0.495 e. The van der Waals surface area contributed by atoms with Crippen LogP contribution < -0.4 is 5.32 Å². The van der Waals surface area contributed by atoms with Crippen LogP contribution in [0.3, 0.4) is 0 Å². The van der Waals surface area contributed by atoms with Crippen molar-refractivity contribution >= 4 is 29.1 Å². The maximum atomic E-state index is 10.6. The number of amides is 1. The number of carbonyl (C=O) groups is 1. The van der Waals surface area contributed by atoms with E-state index < -0.39 is 19.3 Å². The van der Waals surface area contributed by atoms with E-state index in [1.165, 1.54) is 0 Å². The molecule has 0 radical (unpaired) electrons. The highest BCUT2D eigenvalue weighted by Gasteiger charge is 2.45. The zero-order valence-corrected chi connectivity index (χ0v) is 12.3. The van der Waals surface area contributed by atoms with E-state index in [1.54, 1.807) is 6.26 Å². The van der Waals surface area contributed by atoms with Gasteiger partial charge in [0.1, 0.15) is 6.61 Å². The van der Waals surface area contributed by atoms with Gasteiger partial charge in [0, 0.05) is 4.48 Å². The fourth-order valence-electron chi connectivity index (χ4n) is 2.55. The van der Waals surface area contributed by atoms with E-state index in [0.29, 0.717) is 6.61 Å². The summed E-state index contributed by atoms with van der Waals surface area (Å²) in [5.74, 6) is 0. The van der Waals surface area contributed by atoms with Gasteiger partial charge in [-0.05, 0) is 29.6 Å². The van der Waals surface area contributed by atoms with E-state index in [1.807, 2.05) is 13.0 Å². The summed E-state index contributed by atoms with van der Waals surface area (Å²) in [5, 5.41) is 11.0. The number of hydrogen-bond donors (Lipinski definition) is 2. The Labute approximate surface area is 124 Å². The van der Waals surface area contributed by atoms with Crippen molar-refractivity contribution in [2.24, 2.45) is 0 Å². The Hall–Kier alpha value is -1.25. The van der Waals surface area contributed by atoms with E-state index >= 15 is 0 Å². The first-order valence-electron chi connectivity index (χ1n) is 6.26. The zero-order valence-electron chi connectivity index (χ0n) is 10.8. The molecule has 0 bridgehead atoms. The molecular weight excluding hydrogens is 329 g/mol. The molecule has 2 unspecified atom stereocenters. The molecule has 1 amide bonds. The third-order valence-corrected chi connectivity index (χ3v) is 4.46. The number of allylic oxidation sites excluding steroid dienone is 3. The molecule has 0 fully saturated rings. The highest BCUT2D eigenvalue weighted by molar-refractivity contribution is 9.11. The topological polar surface area (TPSA) is 77.0 Å². The summed E-state index contributed by atoms with van der Waals surface area (Å²) in [5.41, 5.74) is 3.01. The second-order valence-electron chi connectivity index (χ2n) is 4.74. The van der Waals surface area contributed by atoms with Crippen LogP contribution in [-0.2, 0) is 14.0 Å². The predicted octanol–water partition coefficient (Wildman–Crippen LogP) is 1.59. The second kappa shape index (κ2) is 5.27. The highest BCUT2D eigenvalue weighted by atomic mass is 79.9. The zero-order chi connectivity index (χ0) is 14.3. The van der Waals surface area contributed by atoms with Crippen molar-refractivity contribution in [3.05, 3.63) is 33.4 Å². The van der Waals surface area contributed by atoms with E-state index in [2.05, 4.69) is 21.2 Å². The van der Waals surface area contributed by atoms with Gasteiger partial charge in [0.15, 0.2) is 0 Å². The Morgan fingerprint density at radius 1 is 1.60 bits per heavy atom. The number of hydrogen-bond acceptors (Lipinski definition) is 4. The summed E-state index contributed by atoms with van der Waals surface area (Å²) >= 11 is 3.51. The van der Waals surface area contributed by atoms with Crippen LogP contribution in [0.5, 0.6) is 0 Å². The van der Waals surface area contributed by atoms with Crippen molar-refractivity contribution in [1.82, 2.24) is 5.32 Å². The summed E-state index contributed by atoms with van der Waals surface area (Å²) in [4.78, 5) is 10.6. The van der Waals surface area contributed by atoms with Crippen molar-refractivity contribution in [2.45, 2.75) is 19.1 Å². The Balaban J connectivity index is 1.96. The lowest BCUT2D eigenvalue weighted by atomic mass is 9.70. The monoisotopic (exact) mass is 341 g/mol. The maximum absolute atomic E-state index is 10.6. The number of halogens is 1. The minimum atomic E-state index is -1.08. The maximum Gasteiger partial charge on any atom is 0.495 e. The number of rotatable bonds is 2. The first-order valence-corrected chi connectivity index (χ1v) is 7.06. The molecule has 3 aliphatic rings. The molecule has 0 aromatic rings. The van der Waals surface area contributed by atoms with E-state index in [0.717, 1.165) is 21.1 Å². The summed E-state index contributed by atoms with van der Waals surface area (Å²) < 4.78 is 17.8. The molecule has 106 valence electrons. The molecular formula is C12H13BBrNO5. The predicted molar refractivity (Wildman–Crippen MR) is 75.3 cm³/mol. The lowest BCUT2D eigenvalue weighted by molar-refractivity contribution is 0.142. The summed E-state index contributed by atoms with van der Waals surface area (Å²) in [6, 6.07) is 0. The van der Waals surface area contributed by atoms with Gasteiger partial charge in [0.05, 0.1) is 25.0 Å². The Bertz CT molecular complexity index is 544. The quantitative estimate of drug-likeness (QED) is 0.746. The Morgan fingerprint density at radius 3 is 3.15 bits per heavy atom. The largest absolute Gasteiger partial charge is 0.497 e. The summed E-state index contributed by atoms with van der Waals surface area (Å²) in [7, 11) is -0.469. The van der Waals surface area contributed by atoms with Crippen LogP contribution in [0.15, 0.2) is 33.4 Å². The van der Waals surface area contributed by atoms with Gasteiger partial charge in [0.2, 0.25) is 0 Å². The van der Waals surface area contributed by atoms with Gasteiger partial charge in [0.25, 0.3) is 0 Å². The molecule has 20 heavy (non-hydrogen) atoms. The molecule has 6 nitrogen and oxygen atoms in total. The minimum absolute atomic E-state index is 0.0728. The Morgan fingerprint density at radius 2 is 2.40 bits per heavy atom. The van der Waals surface area contributed by atoms with Crippen LogP contribution in [0.25, 0.3) is 0 Å². The molecule has 0 saturated heterocycles. The van der Waals surface area contributed by atoms with Crippen LogP contribution in [0, 0.1) is 0 Å². The molecule has 0 saturated carbocycles. The molecule has 2 N–H and O–H groups in total. The van der Waals surface area contributed by atoms with Crippen LogP contribution >= 0.6 is 15.9 Å². The van der Waals surface area contributed by atoms with Crippen molar-refractivity contribution in [3.8, 4) is 0 Å². The average molecular weight is 342 g/mol. The molecule has 0 aromatic carbocycles. The van der Waals surface area contributed by atoms with Gasteiger partial charge in [-0.2, -0.15) is 0 Å². The SMILES string of the molecule is CC1OB2OC(CNC(=O)O)C(Br)=C3C=COCC1=C23. The van der Waals surface area contributed by atoms with Crippen LogP contribution in [0.2, 0.25) is 0 Å². The molecule has 3 heterocycles. The standard InChI is InChI=1S/C12H13BBrNO5/c1-6-8-5-18-3-2-7-10(8)13(19-6)20-9(11(7)14)4-15-12(16)17/h2-3,6,9,15H,4-5H2,1H3,(H,16,17). The number of carboxylic acid groups (broad SMARTS) is 1. The average Bonchev–Trinajstić information content (AvgIpc) is 2.61. The van der Waals surface area contributed by atoms with Crippen LogP contribution in [-0.4, -0.2) is 43.7 Å². The van der Waals surface area contributed by atoms with Gasteiger partial charge < -0.3 is 24.5 Å². The number of ether oxygens (including phenoxy) is 1. The lowest BCUT2D eigenvalue weighted by Gasteiger charge is -2.28. The van der Waals surface area contributed by atoms with Gasteiger partial charge >= 0.3 is 13.2 Å². The molecule has 0 aliphatic carbocycles. The highest BCUT2D eigenvalue weighted by Crippen LogP contribution is 2.41. The minimum Gasteiger partial charge on any atom is -0.497 e.